The standard InChI is InChI=1S/C24H20FNO6S/c1-31-18-4-3-5-19(32-2)15(18)8-6-13-7-9-16(25)17(10-13)26-20(27)11-14-12-33-22(24(29)30)21(14)23(26)28/h3-5,7,9-10,12H,6,8,11H2,1-2H3,(H,29,30). The molecule has 1 aliphatic heterocycles. The number of ether oxygens (including phenoxy) is 2. The first-order chi connectivity index (χ1) is 15.8. The van der Waals surface area contributed by atoms with E-state index in [1.807, 2.05) is 18.2 Å². The molecule has 0 radical (unpaired) electrons. The molecule has 0 spiro atoms. The average Bonchev–Trinajstić information content (AvgIpc) is 3.23. The first-order valence-electron chi connectivity index (χ1n) is 10.0. The van der Waals surface area contributed by atoms with Crippen molar-refractivity contribution in [2.24, 2.45) is 0 Å². The Bertz CT molecular complexity index is 1250. The number of anilines is 1. The molecule has 0 atom stereocenters. The summed E-state index contributed by atoms with van der Waals surface area (Å²) in [6.07, 6.45) is 0.801. The molecule has 0 fully saturated rings. The summed E-state index contributed by atoms with van der Waals surface area (Å²) in [6.45, 7) is 0. The van der Waals surface area contributed by atoms with Gasteiger partial charge in [-0.25, -0.2) is 14.1 Å². The van der Waals surface area contributed by atoms with Crippen LogP contribution in [0.2, 0.25) is 0 Å². The predicted octanol–water partition coefficient (Wildman–Crippen LogP) is 4.12. The molecule has 1 aliphatic rings. The zero-order valence-electron chi connectivity index (χ0n) is 17.9. The normalized spacial score (nSPS) is 13.1. The number of imide groups is 1. The molecule has 2 aromatic carbocycles. The Balaban J connectivity index is 1.66. The number of carbonyl (C=O) groups excluding carboxylic acids is 2. The van der Waals surface area contributed by atoms with Crippen molar-refractivity contribution >= 4 is 34.8 Å². The number of amides is 2. The van der Waals surface area contributed by atoms with E-state index in [2.05, 4.69) is 0 Å². The number of methoxy groups -OCH3 is 2. The minimum Gasteiger partial charge on any atom is -0.496 e. The third kappa shape index (κ3) is 4.07. The van der Waals surface area contributed by atoms with Crippen LogP contribution in [0.5, 0.6) is 11.5 Å². The van der Waals surface area contributed by atoms with E-state index in [-0.39, 0.29) is 22.5 Å². The highest BCUT2D eigenvalue weighted by molar-refractivity contribution is 7.12. The summed E-state index contributed by atoms with van der Waals surface area (Å²) in [5.41, 5.74) is 1.63. The van der Waals surface area contributed by atoms with Crippen LogP contribution in [0.1, 0.15) is 36.7 Å². The molecule has 1 aromatic heterocycles. The van der Waals surface area contributed by atoms with E-state index in [0.29, 0.717) is 35.5 Å². The number of hydrogen-bond donors (Lipinski definition) is 1. The van der Waals surface area contributed by atoms with Gasteiger partial charge in [0, 0.05) is 5.56 Å². The number of carboxylic acids is 1. The Morgan fingerprint density at radius 3 is 2.45 bits per heavy atom. The van der Waals surface area contributed by atoms with Crippen molar-refractivity contribution in [3.63, 3.8) is 0 Å². The van der Waals surface area contributed by atoms with Crippen LogP contribution in [0.3, 0.4) is 0 Å². The second-order valence-electron chi connectivity index (χ2n) is 7.41. The van der Waals surface area contributed by atoms with Gasteiger partial charge in [-0.2, -0.15) is 0 Å². The number of thiophene rings is 1. The summed E-state index contributed by atoms with van der Waals surface area (Å²) in [7, 11) is 3.12. The molecule has 7 nitrogen and oxygen atoms in total. The average molecular weight is 469 g/mol. The number of benzene rings is 2. The van der Waals surface area contributed by atoms with Crippen LogP contribution in [0.4, 0.5) is 10.1 Å². The number of rotatable bonds is 7. The predicted molar refractivity (Wildman–Crippen MR) is 120 cm³/mol. The van der Waals surface area contributed by atoms with E-state index in [4.69, 9.17) is 9.47 Å². The number of aromatic carboxylic acids is 1. The molecular formula is C24H20FNO6S. The molecule has 0 saturated carbocycles. The summed E-state index contributed by atoms with van der Waals surface area (Å²) >= 11 is 0.880. The van der Waals surface area contributed by atoms with Crippen molar-refractivity contribution in [3.05, 3.63) is 74.7 Å². The number of aryl methyl sites for hydroxylation is 1. The molecule has 0 bridgehead atoms. The van der Waals surface area contributed by atoms with Crippen molar-refractivity contribution in [3.8, 4) is 11.5 Å². The third-order valence-electron chi connectivity index (χ3n) is 5.51. The third-order valence-corrected chi connectivity index (χ3v) is 6.53. The number of fused-ring (bicyclic) bond motifs is 1. The van der Waals surface area contributed by atoms with Gasteiger partial charge in [0.25, 0.3) is 5.91 Å². The van der Waals surface area contributed by atoms with Gasteiger partial charge in [0.2, 0.25) is 5.91 Å². The first kappa shape index (κ1) is 22.5. The van der Waals surface area contributed by atoms with Gasteiger partial charge >= 0.3 is 5.97 Å². The second-order valence-corrected chi connectivity index (χ2v) is 8.29. The summed E-state index contributed by atoms with van der Waals surface area (Å²) in [4.78, 5) is 37.9. The lowest BCUT2D eigenvalue weighted by atomic mass is 9.98. The van der Waals surface area contributed by atoms with Crippen LogP contribution in [-0.4, -0.2) is 37.1 Å². The Kier molecular flexibility index (Phi) is 6.15. The van der Waals surface area contributed by atoms with Gasteiger partial charge in [0.15, 0.2) is 0 Å². The lowest BCUT2D eigenvalue weighted by molar-refractivity contribution is -0.117. The SMILES string of the molecule is COc1cccc(OC)c1CCc1ccc(F)c(N2C(=O)Cc3csc(C(=O)O)c3C2=O)c1. The number of nitrogens with zero attached hydrogens (tertiary/aromatic N) is 1. The molecule has 0 aliphatic carbocycles. The van der Waals surface area contributed by atoms with E-state index in [1.165, 1.54) is 17.5 Å². The monoisotopic (exact) mass is 469 g/mol. The smallest absolute Gasteiger partial charge is 0.346 e. The zero-order chi connectivity index (χ0) is 23.7. The second kappa shape index (κ2) is 9.03. The van der Waals surface area contributed by atoms with E-state index in [0.717, 1.165) is 21.8 Å². The van der Waals surface area contributed by atoms with E-state index in [1.54, 1.807) is 20.3 Å². The van der Waals surface area contributed by atoms with E-state index in [9.17, 15) is 23.9 Å². The topological polar surface area (TPSA) is 93.1 Å². The van der Waals surface area contributed by atoms with E-state index >= 15 is 0 Å². The van der Waals surface area contributed by atoms with Crippen LogP contribution in [0.15, 0.2) is 41.8 Å². The Labute approximate surface area is 193 Å². The zero-order valence-corrected chi connectivity index (χ0v) is 18.7. The molecule has 0 unspecified atom stereocenters. The minimum absolute atomic E-state index is 0.0596. The molecule has 1 N–H and O–H groups in total. The highest BCUT2D eigenvalue weighted by atomic mass is 32.1. The van der Waals surface area contributed by atoms with Crippen LogP contribution < -0.4 is 14.4 Å². The number of carbonyl (C=O) groups is 3. The van der Waals surface area contributed by atoms with Gasteiger partial charge in [-0.05, 0) is 53.6 Å². The first-order valence-corrected chi connectivity index (χ1v) is 10.9. The lowest BCUT2D eigenvalue weighted by Crippen LogP contribution is -2.43. The van der Waals surface area contributed by atoms with Gasteiger partial charge in [0.1, 0.15) is 22.2 Å². The molecular weight excluding hydrogens is 449 g/mol. The number of hydrogen-bond acceptors (Lipinski definition) is 6. The molecule has 0 saturated heterocycles. The molecule has 33 heavy (non-hydrogen) atoms. The van der Waals surface area contributed by atoms with Crippen LogP contribution >= 0.6 is 11.3 Å². The summed E-state index contributed by atoms with van der Waals surface area (Å²) in [6, 6.07) is 9.68. The fraction of sp³-hybridized carbons (Fsp3) is 0.208. The summed E-state index contributed by atoms with van der Waals surface area (Å²) in [5.74, 6) is -2.13. The van der Waals surface area contributed by atoms with Gasteiger partial charge in [-0.3, -0.25) is 9.59 Å². The number of halogens is 1. The Hall–Kier alpha value is -3.72. The maximum Gasteiger partial charge on any atom is 0.346 e. The van der Waals surface area contributed by atoms with Crippen molar-refractivity contribution < 1.29 is 33.4 Å². The van der Waals surface area contributed by atoms with Gasteiger partial charge in [0.05, 0.1) is 31.9 Å². The van der Waals surface area contributed by atoms with Crippen LogP contribution in [-0.2, 0) is 24.1 Å². The van der Waals surface area contributed by atoms with Crippen LogP contribution in [0.25, 0.3) is 0 Å². The maximum atomic E-state index is 14.8. The van der Waals surface area contributed by atoms with Crippen molar-refractivity contribution in [1.82, 2.24) is 0 Å². The van der Waals surface area contributed by atoms with Crippen molar-refractivity contribution in [2.45, 2.75) is 19.3 Å². The van der Waals surface area contributed by atoms with Crippen molar-refractivity contribution in [1.29, 1.82) is 0 Å². The Morgan fingerprint density at radius 2 is 1.82 bits per heavy atom. The highest BCUT2D eigenvalue weighted by Gasteiger charge is 2.38. The molecule has 2 amide bonds. The van der Waals surface area contributed by atoms with Gasteiger partial charge in [-0.1, -0.05) is 12.1 Å². The van der Waals surface area contributed by atoms with Crippen molar-refractivity contribution in [2.75, 3.05) is 19.1 Å². The van der Waals surface area contributed by atoms with Gasteiger partial charge < -0.3 is 14.6 Å². The molecule has 2 heterocycles. The lowest BCUT2D eigenvalue weighted by Gasteiger charge is -2.26. The molecule has 170 valence electrons. The summed E-state index contributed by atoms with van der Waals surface area (Å²) < 4.78 is 25.6. The largest absolute Gasteiger partial charge is 0.496 e. The molecule has 4 rings (SSSR count). The fourth-order valence-corrected chi connectivity index (χ4v) is 4.85. The van der Waals surface area contributed by atoms with Crippen LogP contribution in [0, 0.1) is 5.82 Å². The molecule has 9 heteroatoms. The quantitative estimate of drug-likeness (QED) is 0.524. The summed E-state index contributed by atoms with van der Waals surface area (Å²) in [5, 5.41) is 10.9. The fourth-order valence-electron chi connectivity index (χ4n) is 3.96. The Morgan fingerprint density at radius 1 is 1.12 bits per heavy atom. The maximum absolute atomic E-state index is 14.8. The van der Waals surface area contributed by atoms with E-state index < -0.39 is 23.6 Å². The minimum atomic E-state index is -1.26. The van der Waals surface area contributed by atoms with Gasteiger partial charge in [-0.15, -0.1) is 11.3 Å². The molecule has 3 aromatic rings. The number of carboxylic acid groups (broad SMARTS) is 1. The highest BCUT2D eigenvalue weighted by Crippen LogP contribution is 2.34.